The van der Waals surface area contributed by atoms with Gasteiger partial charge in [0.15, 0.2) is 6.04 Å². The number of aliphatic carboxylic acids is 1. The molecule has 21 heavy (non-hydrogen) atoms. The first-order chi connectivity index (χ1) is 9.64. The van der Waals surface area contributed by atoms with Gasteiger partial charge in [0.05, 0.1) is 11.6 Å². The summed E-state index contributed by atoms with van der Waals surface area (Å²) in [5.74, 6) is -0.613. The van der Waals surface area contributed by atoms with E-state index in [-0.39, 0.29) is 0 Å². The average molecular weight is 360 g/mol. The van der Waals surface area contributed by atoms with Gasteiger partial charge >= 0.3 is 12.1 Å². The van der Waals surface area contributed by atoms with Gasteiger partial charge in [0.1, 0.15) is 11.4 Å². The first-order valence-electron chi connectivity index (χ1n) is 6.20. The molecule has 0 saturated heterocycles. The van der Waals surface area contributed by atoms with E-state index in [2.05, 4.69) is 21.2 Å². The number of benzene rings is 1. The number of rotatable bonds is 4. The predicted molar refractivity (Wildman–Crippen MR) is 80.4 cm³/mol. The quantitative estimate of drug-likeness (QED) is 0.862. The number of halogens is 1. The van der Waals surface area contributed by atoms with E-state index < -0.39 is 23.7 Å². The monoisotopic (exact) mass is 359 g/mol. The van der Waals surface area contributed by atoms with Gasteiger partial charge in [-0.05, 0) is 54.4 Å². The Balaban J connectivity index is 2.95. The predicted octanol–water partition coefficient (Wildman–Crippen LogP) is 3.11. The lowest BCUT2D eigenvalue weighted by Gasteiger charge is -2.22. The van der Waals surface area contributed by atoms with Crippen molar-refractivity contribution in [1.82, 2.24) is 5.32 Å². The lowest BCUT2D eigenvalue weighted by molar-refractivity contribution is -0.139. The first kappa shape index (κ1) is 17.3. The molecule has 0 aliphatic rings. The van der Waals surface area contributed by atoms with Crippen molar-refractivity contribution >= 4 is 28.0 Å². The normalized spacial score (nSPS) is 12.4. The molecule has 0 saturated carbocycles. The van der Waals surface area contributed by atoms with E-state index in [0.29, 0.717) is 15.8 Å². The number of amides is 1. The third kappa shape index (κ3) is 5.26. The number of carboxylic acids is 1. The van der Waals surface area contributed by atoms with Gasteiger partial charge in [-0.3, -0.25) is 0 Å². The van der Waals surface area contributed by atoms with Gasteiger partial charge in [-0.25, -0.2) is 9.59 Å². The Labute approximate surface area is 131 Å². The molecule has 2 N–H and O–H groups in total. The number of alkyl carbamates (subject to hydrolysis) is 1. The summed E-state index contributed by atoms with van der Waals surface area (Å²) in [6.45, 7) is 5.10. The van der Waals surface area contributed by atoms with Gasteiger partial charge in [-0.1, -0.05) is 6.07 Å². The van der Waals surface area contributed by atoms with Crippen LogP contribution in [-0.2, 0) is 9.53 Å². The van der Waals surface area contributed by atoms with E-state index in [1.54, 1.807) is 39.0 Å². The molecule has 1 unspecified atom stereocenters. The van der Waals surface area contributed by atoms with Crippen LogP contribution in [0.3, 0.4) is 0 Å². The molecule has 116 valence electrons. The fraction of sp³-hybridized carbons (Fsp3) is 0.429. The highest BCUT2D eigenvalue weighted by Gasteiger charge is 2.26. The Morgan fingerprint density at radius 3 is 2.38 bits per heavy atom. The minimum Gasteiger partial charge on any atom is -0.496 e. The van der Waals surface area contributed by atoms with Crippen LogP contribution >= 0.6 is 15.9 Å². The zero-order chi connectivity index (χ0) is 16.2. The van der Waals surface area contributed by atoms with Gasteiger partial charge < -0.3 is 19.9 Å². The highest BCUT2D eigenvalue weighted by atomic mass is 79.9. The van der Waals surface area contributed by atoms with Crippen LogP contribution in [0.25, 0.3) is 0 Å². The standard InChI is InChI=1S/C14H18BrNO5/c1-14(2,3)21-13(19)16-11(12(17)18)8-5-6-10(20-4)9(15)7-8/h5-7,11H,1-4H3,(H,16,19)(H,17,18). The number of nitrogens with one attached hydrogen (secondary N) is 1. The summed E-state index contributed by atoms with van der Waals surface area (Å²) in [5.41, 5.74) is -0.297. The molecular formula is C14H18BrNO5. The van der Waals surface area contributed by atoms with E-state index >= 15 is 0 Å². The molecule has 0 heterocycles. The van der Waals surface area contributed by atoms with Crippen molar-refractivity contribution in [3.05, 3.63) is 28.2 Å². The molecule has 6 nitrogen and oxygen atoms in total. The second-order valence-electron chi connectivity index (χ2n) is 5.31. The number of carbonyl (C=O) groups is 2. The first-order valence-corrected chi connectivity index (χ1v) is 6.99. The molecule has 7 heteroatoms. The fourth-order valence-electron chi connectivity index (χ4n) is 1.58. The second kappa shape index (κ2) is 6.80. The lowest BCUT2D eigenvalue weighted by Crippen LogP contribution is -2.38. The Bertz CT molecular complexity index is 539. The molecular weight excluding hydrogens is 342 g/mol. The summed E-state index contributed by atoms with van der Waals surface area (Å²) in [6, 6.07) is 3.56. The van der Waals surface area contributed by atoms with Crippen molar-refractivity contribution in [2.45, 2.75) is 32.4 Å². The summed E-state index contributed by atoms with van der Waals surface area (Å²) in [5, 5.41) is 11.6. The third-order valence-electron chi connectivity index (χ3n) is 2.42. The maximum Gasteiger partial charge on any atom is 0.408 e. The zero-order valence-corrected chi connectivity index (χ0v) is 13.9. The van der Waals surface area contributed by atoms with E-state index in [0.717, 1.165) is 0 Å². The molecule has 0 radical (unpaired) electrons. The fourth-order valence-corrected chi connectivity index (χ4v) is 2.13. The van der Waals surface area contributed by atoms with Crippen molar-refractivity contribution in [3.8, 4) is 5.75 Å². The number of carbonyl (C=O) groups excluding carboxylic acids is 1. The van der Waals surface area contributed by atoms with Gasteiger partial charge in [0.25, 0.3) is 0 Å². The van der Waals surface area contributed by atoms with E-state index in [1.807, 2.05) is 0 Å². The Morgan fingerprint density at radius 2 is 1.95 bits per heavy atom. The molecule has 0 aliphatic carbocycles. The van der Waals surface area contributed by atoms with Crippen LogP contribution in [0.5, 0.6) is 5.75 Å². The van der Waals surface area contributed by atoms with Crippen molar-refractivity contribution in [2.75, 3.05) is 7.11 Å². The van der Waals surface area contributed by atoms with Gasteiger partial charge in [0, 0.05) is 0 Å². The molecule has 1 aromatic rings. The van der Waals surface area contributed by atoms with Crippen LogP contribution in [0.1, 0.15) is 32.4 Å². The van der Waals surface area contributed by atoms with Crippen LogP contribution in [0.4, 0.5) is 4.79 Å². The SMILES string of the molecule is COc1ccc(C(NC(=O)OC(C)(C)C)C(=O)O)cc1Br. The highest BCUT2D eigenvalue weighted by Crippen LogP contribution is 2.28. The highest BCUT2D eigenvalue weighted by molar-refractivity contribution is 9.10. The second-order valence-corrected chi connectivity index (χ2v) is 6.17. The number of carboxylic acid groups (broad SMARTS) is 1. The van der Waals surface area contributed by atoms with E-state index in [1.165, 1.54) is 7.11 Å². The number of hydrogen-bond donors (Lipinski definition) is 2. The van der Waals surface area contributed by atoms with Gasteiger partial charge in [-0.2, -0.15) is 0 Å². The summed E-state index contributed by atoms with van der Waals surface area (Å²) in [7, 11) is 1.51. The van der Waals surface area contributed by atoms with E-state index in [9.17, 15) is 14.7 Å². The van der Waals surface area contributed by atoms with Crippen molar-refractivity contribution in [3.63, 3.8) is 0 Å². The maximum absolute atomic E-state index is 11.7. The number of hydrogen-bond acceptors (Lipinski definition) is 4. The van der Waals surface area contributed by atoms with Crippen LogP contribution in [-0.4, -0.2) is 29.9 Å². The number of methoxy groups -OCH3 is 1. The summed E-state index contributed by atoms with van der Waals surface area (Å²) < 4.78 is 10.7. The van der Waals surface area contributed by atoms with Gasteiger partial charge in [-0.15, -0.1) is 0 Å². The lowest BCUT2D eigenvalue weighted by atomic mass is 10.1. The maximum atomic E-state index is 11.7. The molecule has 1 atom stereocenters. The Kier molecular flexibility index (Phi) is 5.60. The Hall–Kier alpha value is -1.76. The van der Waals surface area contributed by atoms with Crippen LogP contribution in [0.2, 0.25) is 0 Å². The minimum absolute atomic E-state index is 0.404. The molecule has 1 rings (SSSR count). The molecule has 0 aromatic heterocycles. The molecule has 1 amide bonds. The largest absolute Gasteiger partial charge is 0.496 e. The van der Waals surface area contributed by atoms with Crippen molar-refractivity contribution in [2.24, 2.45) is 0 Å². The topological polar surface area (TPSA) is 84.9 Å². The molecule has 0 spiro atoms. The third-order valence-corrected chi connectivity index (χ3v) is 3.04. The molecule has 0 bridgehead atoms. The van der Waals surface area contributed by atoms with Crippen LogP contribution in [0, 0.1) is 0 Å². The minimum atomic E-state index is -1.21. The summed E-state index contributed by atoms with van der Waals surface area (Å²) in [6.07, 6.45) is -0.790. The molecule has 0 aliphatic heterocycles. The van der Waals surface area contributed by atoms with Crippen molar-refractivity contribution in [1.29, 1.82) is 0 Å². The van der Waals surface area contributed by atoms with Crippen molar-refractivity contribution < 1.29 is 24.2 Å². The van der Waals surface area contributed by atoms with Gasteiger partial charge in [0.2, 0.25) is 0 Å². The van der Waals surface area contributed by atoms with Crippen LogP contribution < -0.4 is 10.1 Å². The average Bonchev–Trinajstić information content (AvgIpc) is 2.33. The summed E-state index contributed by atoms with van der Waals surface area (Å²) in [4.78, 5) is 23.1. The smallest absolute Gasteiger partial charge is 0.408 e. The molecule has 1 aromatic carbocycles. The van der Waals surface area contributed by atoms with E-state index in [4.69, 9.17) is 9.47 Å². The Morgan fingerprint density at radius 1 is 1.33 bits per heavy atom. The molecule has 0 fully saturated rings. The number of ether oxygens (including phenoxy) is 2. The zero-order valence-electron chi connectivity index (χ0n) is 12.3. The summed E-state index contributed by atoms with van der Waals surface area (Å²) >= 11 is 3.28. The van der Waals surface area contributed by atoms with Crippen LogP contribution in [0.15, 0.2) is 22.7 Å².